The van der Waals surface area contributed by atoms with Crippen molar-refractivity contribution in [2.75, 3.05) is 20.3 Å². The van der Waals surface area contributed by atoms with E-state index in [1.54, 1.807) is 6.08 Å². The number of rotatable bonds is 20. The number of aliphatic hydroxyl groups is 6. The van der Waals surface area contributed by atoms with Crippen molar-refractivity contribution in [3.8, 4) is 57.1 Å². The quantitative estimate of drug-likeness (QED) is 0.0385. The number of allylic oxidation sites excluding steroid dienone is 2. The van der Waals surface area contributed by atoms with Crippen LogP contribution in [0.4, 0.5) is 0 Å². The molecule has 8 heterocycles. The molecule has 8 unspecified atom stereocenters. The summed E-state index contributed by atoms with van der Waals surface area (Å²) in [6, 6.07) is 7.04. The van der Waals surface area contributed by atoms with Crippen LogP contribution < -0.4 is 68.2 Å². The number of nitrogens with one attached hydrogen (secondary N) is 8. The molecule has 22 N–H and O–H groups in total. The largest absolute Gasteiger partial charge is 0.507 e. The Hall–Kier alpha value is -11.4. The summed E-state index contributed by atoms with van der Waals surface area (Å²) in [4.78, 5) is 149. The number of halogens is 2. The van der Waals surface area contributed by atoms with Crippen LogP contribution in [0.5, 0.6) is 46.0 Å². The number of carboxylic acids is 1. The fraction of sp³-hybridized carbons (Fsp3) is 0.412. The molecule has 37 nitrogen and oxygen atoms in total. The second-order valence-electron chi connectivity index (χ2n) is 32.3. The van der Waals surface area contributed by atoms with Gasteiger partial charge in [0.2, 0.25) is 65.2 Å². The van der Waals surface area contributed by atoms with Crippen LogP contribution in [-0.4, -0.2) is 214 Å². The molecule has 1 saturated carbocycles. The zero-order valence-corrected chi connectivity index (χ0v) is 68.8. The van der Waals surface area contributed by atoms with E-state index in [0.717, 1.165) is 71.1 Å². The highest BCUT2D eigenvalue weighted by Crippen LogP contribution is 2.53. The summed E-state index contributed by atoms with van der Waals surface area (Å²) in [6.07, 6.45) is -13.2. The number of nitrogens with two attached hydrogens (primary N) is 2. The van der Waals surface area contributed by atoms with Gasteiger partial charge in [0.15, 0.2) is 29.9 Å². The minimum Gasteiger partial charge on any atom is -0.507 e. The highest BCUT2D eigenvalue weighted by molar-refractivity contribution is 6.32. The number of hydrogen-bond acceptors (Lipinski definition) is 28. The number of hydrogen-bond donors (Lipinski definition) is 20. The Morgan fingerprint density at radius 3 is 1.95 bits per heavy atom. The molecule has 6 aromatic rings. The van der Waals surface area contributed by atoms with E-state index < -0.39 is 302 Å². The van der Waals surface area contributed by atoms with E-state index in [1.165, 1.54) is 33.0 Å². The van der Waals surface area contributed by atoms with Gasteiger partial charge in [-0.3, -0.25) is 53.4 Å². The second-order valence-corrected chi connectivity index (χ2v) is 33.1. The summed E-state index contributed by atoms with van der Waals surface area (Å²) in [5, 5.41) is 138. The predicted octanol–water partition coefficient (Wildman–Crippen LogP) is 2.29. The number of fused-ring (bicyclic) bond motifs is 16. The Bertz CT molecular complexity index is 5220. The lowest BCUT2D eigenvalue weighted by atomic mass is 9.86. The van der Waals surface area contributed by atoms with Gasteiger partial charge in [-0.1, -0.05) is 104 Å². The minimum absolute atomic E-state index is 0.125. The number of aliphatic carboxylic acids is 1. The first-order valence-electron chi connectivity index (χ1n) is 39.8. The molecule has 11 bridgehead atoms. The number of carboxylic acid groups (broad SMARTS) is 1. The van der Waals surface area contributed by atoms with Crippen LogP contribution in [0.1, 0.15) is 123 Å². The number of likely N-dealkylation sites (tertiary alicyclic amines) is 1. The fourth-order valence-corrected chi connectivity index (χ4v) is 17.2. The summed E-state index contributed by atoms with van der Waals surface area (Å²) in [6.45, 7) is 8.40. The average Bonchev–Trinajstić information content (AvgIpc) is 1.56. The van der Waals surface area contributed by atoms with Crippen LogP contribution >= 0.6 is 23.2 Å². The molecule has 660 valence electrons. The molecular weight excluding hydrogens is 1660 g/mol. The molecule has 39 heteroatoms. The van der Waals surface area contributed by atoms with E-state index in [9.17, 15) is 75.0 Å². The van der Waals surface area contributed by atoms with Crippen molar-refractivity contribution < 1.29 is 127 Å². The van der Waals surface area contributed by atoms with E-state index in [2.05, 4.69) is 49.1 Å². The molecule has 9 aliphatic rings. The number of ether oxygens (including phenoxy) is 6. The molecule has 9 amide bonds. The number of likely N-dealkylation sites (N-methyl/N-ethyl adjacent to an activating group) is 1. The van der Waals surface area contributed by atoms with Gasteiger partial charge in [0.1, 0.15) is 89.5 Å². The number of carbonyl (C=O) groups excluding carboxylic acids is 9. The van der Waals surface area contributed by atoms with Crippen molar-refractivity contribution in [1.82, 2.24) is 47.4 Å². The third-order valence-electron chi connectivity index (χ3n) is 23.2. The highest BCUT2D eigenvalue weighted by atomic mass is 35.5. The zero-order valence-electron chi connectivity index (χ0n) is 67.3. The van der Waals surface area contributed by atoms with E-state index in [-0.39, 0.29) is 35.6 Å². The van der Waals surface area contributed by atoms with Gasteiger partial charge in [0, 0.05) is 35.2 Å². The summed E-state index contributed by atoms with van der Waals surface area (Å²) < 4.78 is 38.6. The first-order valence-corrected chi connectivity index (χ1v) is 40.5. The van der Waals surface area contributed by atoms with Gasteiger partial charge >= 0.3 is 5.97 Å². The minimum atomic E-state index is -2.42. The predicted molar refractivity (Wildman–Crippen MR) is 437 cm³/mol. The molecule has 8 aliphatic heterocycles. The first-order chi connectivity index (χ1) is 58.9. The van der Waals surface area contributed by atoms with Gasteiger partial charge in [-0.15, -0.1) is 6.58 Å². The Morgan fingerprint density at radius 2 is 1.35 bits per heavy atom. The third-order valence-corrected chi connectivity index (χ3v) is 23.8. The molecule has 0 aromatic heterocycles. The van der Waals surface area contributed by atoms with Crippen LogP contribution in [-0.2, 0) is 68.7 Å². The van der Waals surface area contributed by atoms with Crippen molar-refractivity contribution in [2.45, 2.75) is 169 Å². The van der Waals surface area contributed by atoms with Crippen molar-refractivity contribution in [3.05, 3.63) is 171 Å². The van der Waals surface area contributed by atoms with E-state index in [1.807, 2.05) is 56.3 Å². The number of aliphatic hydroxyl groups excluding tert-OH is 6. The normalized spacial score (nSPS) is 29.7. The number of carbonyl (C=O) groups is 10. The van der Waals surface area contributed by atoms with Gasteiger partial charge in [0.25, 0.3) is 0 Å². The lowest BCUT2D eigenvalue weighted by Gasteiger charge is -2.47. The molecule has 0 radical (unpaired) electrons. The summed E-state index contributed by atoms with van der Waals surface area (Å²) in [5.74, 6) is -20.4. The fourth-order valence-electron chi connectivity index (χ4n) is 16.7. The van der Waals surface area contributed by atoms with E-state index in [0.29, 0.717) is 6.42 Å². The molecule has 124 heavy (non-hydrogen) atoms. The molecule has 3 saturated heterocycles. The van der Waals surface area contributed by atoms with Crippen molar-refractivity contribution in [2.24, 2.45) is 41.1 Å². The smallest absolute Gasteiger partial charge is 0.330 e. The van der Waals surface area contributed by atoms with Crippen LogP contribution in [0, 0.1) is 29.6 Å². The van der Waals surface area contributed by atoms with Gasteiger partial charge < -0.3 is 128 Å². The number of phenolic OH excluding ortho intramolecular Hbond substituents is 3. The van der Waals surface area contributed by atoms with Crippen LogP contribution in [0.2, 0.25) is 10.0 Å². The lowest BCUT2D eigenvalue weighted by Crippen LogP contribution is -2.64. The Morgan fingerprint density at radius 1 is 0.726 bits per heavy atom. The zero-order chi connectivity index (χ0) is 89.5. The van der Waals surface area contributed by atoms with Crippen molar-refractivity contribution in [3.63, 3.8) is 0 Å². The molecule has 22 atom stereocenters. The Kier molecular flexibility index (Phi) is 27.1. The molecule has 4 fully saturated rings. The number of aromatic hydroxyl groups is 3. The lowest BCUT2D eigenvalue weighted by molar-refractivity contribution is -0.333. The maximum Gasteiger partial charge on any atom is 0.330 e. The number of nitrogens with zero attached hydrogens (tertiary/aromatic N) is 1. The second kappa shape index (κ2) is 37.2. The maximum absolute atomic E-state index is 16.4. The van der Waals surface area contributed by atoms with E-state index >= 15 is 24.0 Å². The van der Waals surface area contributed by atoms with Gasteiger partial charge in [-0.2, -0.15) is 0 Å². The van der Waals surface area contributed by atoms with Crippen LogP contribution in [0.3, 0.4) is 0 Å². The summed E-state index contributed by atoms with van der Waals surface area (Å²) in [7, 11) is 1.46. The standard InChI is InChI=1S/C85H95Cl2N11O26/c1-7-37-22-38(14-13-36-11-9-8-10-12-36)60-59(37)81(115)98(82(60)116)33-91-31-45-51(101)28-44-61(69(45)105)43-23-39(15-18-50(43)100)62-77(111)97-66(80(114)95-64(44)83(117)118)68(104)41-17-20-53(47(87)25-41)121-55-27-42-26-54(72(55)124-84-73(71(107)70(106)56(32-99)122-84)123-58-30-85(5,89)74(108)35(4)119-58)120-52-19-16-40(24-46(52)86)67(103)65(96-75(109)48(90-6)21-34(2)3)79(113)92-49(29-57(88)102)76(110)93-63(42)78(112)94-62/h7-20,23-28,34-35,37-38,48-49,56,58-60,62-68,70-71,73-74,84,90-91,99-101,103-108H,1,21-22,29-33,89H2,2-6H3,(H2,88,102)(H,92,113)(H,93,110)(H,94,112)(H,95,114)(H,96,109)(H,97,111)(H,117,118)/b14-13+/t35?,37?,38?,48-,49-,56?,58-,59-,60+,62+,63+,64-,65?,66-,67+,68+,70-,71-,73?,74+,84?,85?/m0/s1. The topological polar surface area (TPSA) is 580 Å². The summed E-state index contributed by atoms with van der Waals surface area (Å²) >= 11 is 14.3. The van der Waals surface area contributed by atoms with Crippen LogP contribution in [0.25, 0.3) is 17.2 Å². The van der Waals surface area contributed by atoms with E-state index in [4.69, 9.17) is 63.1 Å². The van der Waals surface area contributed by atoms with Crippen molar-refractivity contribution in [1.29, 1.82) is 0 Å². The molecule has 1 aliphatic carbocycles. The van der Waals surface area contributed by atoms with Gasteiger partial charge in [-0.25, -0.2) is 4.79 Å². The molecular formula is C85H95Cl2N11O26. The maximum atomic E-state index is 16.4. The van der Waals surface area contributed by atoms with Gasteiger partial charge in [-0.05, 0) is 134 Å². The number of phenols is 3. The molecule has 6 aromatic carbocycles. The highest BCUT2D eigenvalue weighted by Gasteiger charge is 2.58. The number of primary amides is 1. The van der Waals surface area contributed by atoms with Crippen LogP contribution in [0.15, 0.2) is 122 Å². The summed E-state index contributed by atoms with van der Waals surface area (Å²) in [5.41, 5.74) is 7.94. The Balaban J connectivity index is 0.977. The van der Waals surface area contributed by atoms with Crippen molar-refractivity contribution >= 4 is 88.4 Å². The molecule has 15 rings (SSSR count). The first kappa shape index (κ1) is 90.3. The third kappa shape index (κ3) is 18.6. The number of imide groups is 1. The number of benzene rings is 6. The monoisotopic (exact) mass is 1760 g/mol. The SMILES string of the molecule is C=CC1CC(/C=C/c2ccccc2)[C@H]2C(=O)N(CNCc3c(O)cc4c(c3O)-c3cc(ccc3O)[C@H]3NC(=O)[C@@H]5NC(=O)[C@H](CC(N)=O)NC(=O)C(NC(=O)[C@H](CC(C)C)NC)[C@H](O)c6ccc(c(Cl)c6)Oc6cc5cc(c6OC5OC(CO)[C@H](O)[C@H](O)C5O[C@H]5CC(C)(N)[C@H](O)C(C)O5)Oc5ccc(cc5Cl)[C@@H](O)[C@H](NC3=O)C(=O)N[C@@H]4C(=O)O)C(=O)[C@@H]12. The molecule has 0 spiro atoms. The average molecular weight is 1760 g/mol. The Labute approximate surface area is 718 Å². The van der Waals surface area contributed by atoms with Gasteiger partial charge in [0.05, 0.1) is 65.4 Å². The number of amides is 9.